The van der Waals surface area contributed by atoms with E-state index in [0.717, 1.165) is 26.2 Å². The molecule has 1 heterocycles. The molecular formula is C10H19N3O. The normalized spacial score (nSPS) is 23.7. The highest BCUT2D eigenvalue weighted by atomic mass is 16.5. The number of hydroxylamine groups is 2. The summed E-state index contributed by atoms with van der Waals surface area (Å²) in [5.41, 5.74) is 0. The number of piperazine rings is 1. The summed E-state index contributed by atoms with van der Waals surface area (Å²) >= 11 is 0. The first kappa shape index (κ1) is 11.4. The number of hydrogen-bond donors (Lipinski definition) is 2. The van der Waals surface area contributed by atoms with Crippen LogP contribution in [0, 0.1) is 0 Å². The van der Waals surface area contributed by atoms with Gasteiger partial charge in [-0.15, -0.1) is 13.2 Å². The Morgan fingerprint density at radius 1 is 1.50 bits per heavy atom. The van der Waals surface area contributed by atoms with Gasteiger partial charge in [-0.3, -0.25) is 4.90 Å². The van der Waals surface area contributed by atoms with Crippen LogP contribution in [0.4, 0.5) is 0 Å². The van der Waals surface area contributed by atoms with Gasteiger partial charge in [-0.05, 0) is 0 Å². The lowest BCUT2D eigenvalue weighted by Crippen LogP contribution is -2.58. The number of rotatable bonds is 5. The van der Waals surface area contributed by atoms with Gasteiger partial charge in [0, 0.05) is 32.7 Å². The Balaban J connectivity index is 2.51. The Morgan fingerprint density at radius 3 is 2.93 bits per heavy atom. The summed E-state index contributed by atoms with van der Waals surface area (Å²) in [6, 6.07) is 0. The second-order valence-electron chi connectivity index (χ2n) is 3.38. The standard InChI is InChI=1S/C10H19N3O/c1-3-6-12-8-5-11-9-10(12)13(14)7-4-2/h3-4,10-11,14H,1-2,5-9H2. The smallest absolute Gasteiger partial charge is 0.0998 e. The zero-order chi connectivity index (χ0) is 10.4. The van der Waals surface area contributed by atoms with Crippen LogP contribution >= 0.6 is 0 Å². The molecule has 0 aromatic heterocycles. The molecule has 4 nitrogen and oxygen atoms in total. The average Bonchev–Trinajstić information content (AvgIpc) is 2.19. The fourth-order valence-electron chi connectivity index (χ4n) is 1.66. The first-order valence-electron chi connectivity index (χ1n) is 4.91. The predicted molar refractivity (Wildman–Crippen MR) is 57.1 cm³/mol. The van der Waals surface area contributed by atoms with E-state index in [4.69, 9.17) is 0 Å². The Kier molecular flexibility index (Phi) is 4.82. The molecule has 1 fully saturated rings. The Labute approximate surface area is 85.5 Å². The molecule has 0 amide bonds. The van der Waals surface area contributed by atoms with Crippen molar-refractivity contribution in [1.29, 1.82) is 0 Å². The van der Waals surface area contributed by atoms with Crippen molar-refractivity contribution >= 4 is 0 Å². The molecule has 1 atom stereocenters. The molecule has 1 rings (SSSR count). The summed E-state index contributed by atoms with van der Waals surface area (Å²) in [5, 5.41) is 14.3. The molecule has 14 heavy (non-hydrogen) atoms. The van der Waals surface area contributed by atoms with E-state index in [1.54, 1.807) is 6.08 Å². The quantitative estimate of drug-likeness (QED) is 0.490. The predicted octanol–water partition coefficient (Wildman–Crippen LogP) is 0.281. The van der Waals surface area contributed by atoms with Crippen LogP contribution in [0.2, 0.25) is 0 Å². The summed E-state index contributed by atoms with van der Waals surface area (Å²) in [4.78, 5) is 2.19. The van der Waals surface area contributed by atoms with Crippen molar-refractivity contribution < 1.29 is 5.21 Å². The van der Waals surface area contributed by atoms with Gasteiger partial charge in [0.25, 0.3) is 0 Å². The summed E-state index contributed by atoms with van der Waals surface area (Å²) in [5.74, 6) is 0. The highest BCUT2D eigenvalue weighted by molar-refractivity contribution is 4.84. The van der Waals surface area contributed by atoms with Crippen molar-refractivity contribution in [2.24, 2.45) is 0 Å². The van der Waals surface area contributed by atoms with Crippen molar-refractivity contribution in [2.45, 2.75) is 6.17 Å². The fourth-order valence-corrected chi connectivity index (χ4v) is 1.66. The molecule has 2 N–H and O–H groups in total. The maximum absolute atomic E-state index is 9.72. The summed E-state index contributed by atoms with van der Waals surface area (Å²) in [6.07, 6.45) is 3.58. The van der Waals surface area contributed by atoms with E-state index in [9.17, 15) is 5.21 Å². The monoisotopic (exact) mass is 197 g/mol. The fraction of sp³-hybridized carbons (Fsp3) is 0.600. The highest BCUT2D eigenvalue weighted by Crippen LogP contribution is 2.06. The molecule has 0 aromatic carbocycles. The molecule has 4 heteroatoms. The van der Waals surface area contributed by atoms with Gasteiger partial charge < -0.3 is 10.5 Å². The second kappa shape index (κ2) is 5.93. The molecule has 80 valence electrons. The third-order valence-electron chi connectivity index (χ3n) is 2.35. The molecule has 1 saturated heterocycles. The van der Waals surface area contributed by atoms with Crippen molar-refractivity contribution in [3.63, 3.8) is 0 Å². The van der Waals surface area contributed by atoms with Gasteiger partial charge in [0.15, 0.2) is 0 Å². The van der Waals surface area contributed by atoms with Gasteiger partial charge in [0.2, 0.25) is 0 Å². The second-order valence-corrected chi connectivity index (χ2v) is 3.38. The Bertz CT molecular complexity index is 196. The summed E-state index contributed by atoms with van der Waals surface area (Å²) in [7, 11) is 0. The van der Waals surface area contributed by atoms with Crippen molar-refractivity contribution in [1.82, 2.24) is 15.3 Å². The van der Waals surface area contributed by atoms with E-state index < -0.39 is 0 Å². The van der Waals surface area contributed by atoms with Crippen LogP contribution in [0.1, 0.15) is 0 Å². The van der Waals surface area contributed by atoms with Gasteiger partial charge in [-0.1, -0.05) is 12.2 Å². The maximum Gasteiger partial charge on any atom is 0.0998 e. The average molecular weight is 197 g/mol. The van der Waals surface area contributed by atoms with Crippen LogP contribution in [0.25, 0.3) is 0 Å². The van der Waals surface area contributed by atoms with Crippen LogP contribution in [0.3, 0.4) is 0 Å². The lowest BCUT2D eigenvalue weighted by Gasteiger charge is -2.39. The van der Waals surface area contributed by atoms with E-state index in [2.05, 4.69) is 23.4 Å². The van der Waals surface area contributed by atoms with Gasteiger partial charge in [0.05, 0.1) is 6.17 Å². The molecule has 0 spiro atoms. The summed E-state index contributed by atoms with van der Waals surface area (Å²) in [6.45, 7) is 11.3. The van der Waals surface area contributed by atoms with Crippen molar-refractivity contribution in [3.8, 4) is 0 Å². The zero-order valence-corrected chi connectivity index (χ0v) is 8.52. The molecule has 0 aromatic rings. The lowest BCUT2D eigenvalue weighted by atomic mass is 10.3. The molecule has 0 saturated carbocycles. The van der Waals surface area contributed by atoms with Gasteiger partial charge in [-0.2, -0.15) is 5.06 Å². The van der Waals surface area contributed by atoms with Crippen molar-refractivity contribution in [2.75, 3.05) is 32.7 Å². The van der Waals surface area contributed by atoms with Gasteiger partial charge in [-0.25, -0.2) is 0 Å². The third kappa shape index (κ3) is 2.92. The Morgan fingerprint density at radius 2 is 2.29 bits per heavy atom. The molecule has 1 aliphatic heterocycles. The van der Waals surface area contributed by atoms with Crippen LogP contribution in [0.15, 0.2) is 25.3 Å². The molecule has 1 aliphatic rings. The van der Waals surface area contributed by atoms with Gasteiger partial charge >= 0.3 is 0 Å². The van der Waals surface area contributed by atoms with Crippen LogP contribution < -0.4 is 5.32 Å². The van der Waals surface area contributed by atoms with Crippen LogP contribution in [0.5, 0.6) is 0 Å². The minimum atomic E-state index is 0.0275. The van der Waals surface area contributed by atoms with Crippen LogP contribution in [-0.4, -0.2) is 54.1 Å². The largest absolute Gasteiger partial charge is 0.312 e. The molecule has 1 unspecified atom stereocenters. The van der Waals surface area contributed by atoms with E-state index >= 15 is 0 Å². The third-order valence-corrected chi connectivity index (χ3v) is 2.35. The molecule has 0 radical (unpaired) electrons. The Hall–Kier alpha value is -0.680. The van der Waals surface area contributed by atoms with Crippen LogP contribution in [-0.2, 0) is 0 Å². The van der Waals surface area contributed by atoms with Gasteiger partial charge in [0.1, 0.15) is 0 Å². The minimum Gasteiger partial charge on any atom is -0.312 e. The molecular weight excluding hydrogens is 178 g/mol. The SMILES string of the molecule is C=CCN(O)C1CNCCN1CC=C. The van der Waals surface area contributed by atoms with E-state index in [0.29, 0.717) is 6.54 Å². The minimum absolute atomic E-state index is 0.0275. The summed E-state index contributed by atoms with van der Waals surface area (Å²) < 4.78 is 0. The van der Waals surface area contributed by atoms with Crippen molar-refractivity contribution in [3.05, 3.63) is 25.3 Å². The van der Waals surface area contributed by atoms with E-state index in [1.807, 2.05) is 6.08 Å². The zero-order valence-electron chi connectivity index (χ0n) is 8.52. The number of nitrogens with one attached hydrogen (secondary N) is 1. The molecule has 0 aliphatic carbocycles. The molecule has 0 bridgehead atoms. The highest BCUT2D eigenvalue weighted by Gasteiger charge is 2.25. The van der Waals surface area contributed by atoms with E-state index in [-0.39, 0.29) is 6.17 Å². The number of nitrogens with zero attached hydrogens (tertiary/aromatic N) is 2. The number of hydrogen-bond acceptors (Lipinski definition) is 4. The topological polar surface area (TPSA) is 38.7 Å². The first-order chi connectivity index (χ1) is 6.79. The maximum atomic E-state index is 9.72. The lowest BCUT2D eigenvalue weighted by molar-refractivity contribution is -0.166. The first-order valence-corrected chi connectivity index (χ1v) is 4.91. The van der Waals surface area contributed by atoms with E-state index in [1.165, 1.54) is 5.06 Å².